The van der Waals surface area contributed by atoms with Crippen LogP contribution in [0.4, 0.5) is 8.78 Å². The van der Waals surface area contributed by atoms with E-state index in [2.05, 4.69) is 0 Å². The summed E-state index contributed by atoms with van der Waals surface area (Å²) < 4.78 is 53.2. The highest BCUT2D eigenvalue weighted by Gasteiger charge is 2.34. The van der Waals surface area contributed by atoms with E-state index in [4.69, 9.17) is 5.11 Å². The van der Waals surface area contributed by atoms with Crippen molar-refractivity contribution in [1.82, 2.24) is 9.21 Å². The zero-order chi connectivity index (χ0) is 18.6. The Kier molecular flexibility index (Phi) is 6.47. The summed E-state index contributed by atoms with van der Waals surface area (Å²) in [5.41, 5.74) is 0. The Morgan fingerprint density at radius 2 is 1.96 bits per heavy atom. The summed E-state index contributed by atoms with van der Waals surface area (Å²) in [6.45, 7) is 2.50. The fraction of sp³-hybridized carbons (Fsp3) is 0.562. The van der Waals surface area contributed by atoms with E-state index >= 15 is 0 Å². The molecule has 2 rings (SSSR count). The minimum atomic E-state index is -4.15. The number of piperidine rings is 1. The molecule has 0 bridgehead atoms. The molecular formula is C16H22F2N2O4S. The van der Waals surface area contributed by atoms with Crippen LogP contribution in [0.1, 0.15) is 19.8 Å². The molecule has 0 spiro atoms. The minimum absolute atomic E-state index is 0.0609. The summed E-state index contributed by atoms with van der Waals surface area (Å²) >= 11 is 0. The van der Waals surface area contributed by atoms with Crippen molar-refractivity contribution in [3.63, 3.8) is 0 Å². The Balaban J connectivity index is 2.08. The first kappa shape index (κ1) is 19.7. The number of amides is 1. The summed E-state index contributed by atoms with van der Waals surface area (Å²) in [5.74, 6) is -2.28. The van der Waals surface area contributed by atoms with E-state index in [1.165, 1.54) is 4.90 Å². The van der Waals surface area contributed by atoms with Crippen molar-refractivity contribution in [2.75, 3.05) is 32.8 Å². The van der Waals surface area contributed by atoms with Crippen LogP contribution in [0.15, 0.2) is 23.1 Å². The van der Waals surface area contributed by atoms with Gasteiger partial charge < -0.3 is 10.0 Å². The Bertz CT molecular complexity index is 719. The highest BCUT2D eigenvalue weighted by Crippen LogP contribution is 2.26. The standard InChI is InChI=1S/C16H22F2N2O4S/c1-2-19(9-10-21)16(22)12-5-7-20(8-6-12)25(23,24)15-11-13(17)3-4-14(15)18/h3-4,11-12,21H,2,5-10H2,1H3. The predicted molar refractivity (Wildman–Crippen MR) is 87.2 cm³/mol. The van der Waals surface area contributed by atoms with Gasteiger partial charge in [0, 0.05) is 32.1 Å². The van der Waals surface area contributed by atoms with E-state index in [1.807, 2.05) is 0 Å². The third-order valence-electron chi connectivity index (χ3n) is 4.38. The van der Waals surface area contributed by atoms with Gasteiger partial charge in [-0.05, 0) is 38.0 Å². The highest BCUT2D eigenvalue weighted by molar-refractivity contribution is 7.89. The number of hydrogen-bond donors (Lipinski definition) is 1. The molecular weight excluding hydrogens is 354 g/mol. The van der Waals surface area contributed by atoms with Crippen LogP contribution in [0.25, 0.3) is 0 Å². The van der Waals surface area contributed by atoms with Crippen LogP contribution >= 0.6 is 0 Å². The predicted octanol–water partition coefficient (Wildman–Crippen LogP) is 1.21. The second kappa shape index (κ2) is 8.20. The van der Waals surface area contributed by atoms with E-state index in [9.17, 15) is 22.0 Å². The third-order valence-corrected chi connectivity index (χ3v) is 6.29. The first-order valence-electron chi connectivity index (χ1n) is 8.16. The van der Waals surface area contributed by atoms with Crippen molar-refractivity contribution in [3.05, 3.63) is 29.8 Å². The molecule has 1 heterocycles. The second-order valence-electron chi connectivity index (χ2n) is 5.89. The Hall–Kier alpha value is -1.58. The van der Waals surface area contributed by atoms with Crippen molar-refractivity contribution in [3.8, 4) is 0 Å². The molecule has 0 saturated carbocycles. The SMILES string of the molecule is CCN(CCO)C(=O)C1CCN(S(=O)(=O)c2cc(F)ccc2F)CC1. The molecule has 1 saturated heterocycles. The van der Waals surface area contributed by atoms with Crippen LogP contribution in [0.3, 0.4) is 0 Å². The molecule has 6 nitrogen and oxygen atoms in total. The van der Waals surface area contributed by atoms with Gasteiger partial charge in [0.05, 0.1) is 6.61 Å². The normalized spacial score (nSPS) is 16.8. The summed E-state index contributed by atoms with van der Waals surface area (Å²) in [6.07, 6.45) is 0.605. The molecule has 9 heteroatoms. The first-order valence-corrected chi connectivity index (χ1v) is 9.60. The Labute approximate surface area is 146 Å². The van der Waals surface area contributed by atoms with Crippen molar-refractivity contribution >= 4 is 15.9 Å². The van der Waals surface area contributed by atoms with E-state index < -0.39 is 26.6 Å². The van der Waals surface area contributed by atoms with Gasteiger partial charge in [0.25, 0.3) is 0 Å². The molecule has 1 aliphatic rings. The third kappa shape index (κ3) is 4.34. The monoisotopic (exact) mass is 376 g/mol. The van der Waals surface area contributed by atoms with Crippen LogP contribution in [0.2, 0.25) is 0 Å². The molecule has 25 heavy (non-hydrogen) atoms. The molecule has 0 aliphatic carbocycles. The number of carbonyl (C=O) groups is 1. The van der Waals surface area contributed by atoms with Gasteiger partial charge in [-0.25, -0.2) is 17.2 Å². The molecule has 0 unspecified atom stereocenters. The number of nitrogens with zero attached hydrogens (tertiary/aromatic N) is 2. The summed E-state index contributed by atoms with van der Waals surface area (Å²) in [5, 5.41) is 8.99. The Morgan fingerprint density at radius 1 is 1.32 bits per heavy atom. The number of halogens is 2. The van der Waals surface area contributed by atoms with E-state index in [0.717, 1.165) is 16.4 Å². The molecule has 0 radical (unpaired) electrons. The van der Waals surface area contributed by atoms with E-state index in [0.29, 0.717) is 25.5 Å². The number of sulfonamides is 1. The fourth-order valence-electron chi connectivity index (χ4n) is 2.96. The molecule has 0 aromatic heterocycles. The number of aliphatic hydroxyl groups excluding tert-OH is 1. The highest BCUT2D eigenvalue weighted by atomic mass is 32.2. The maximum atomic E-state index is 13.8. The lowest BCUT2D eigenvalue weighted by atomic mass is 9.96. The first-order chi connectivity index (χ1) is 11.8. The number of benzene rings is 1. The number of aliphatic hydroxyl groups is 1. The van der Waals surface area contributed by atoms with Gasteiger partial charge in [0.2, 0.25) is 15.9 Å². The Morgan fingerprint density at radius 3 is 2.52 bits per heavy atom. The van der Waals surface area contributed by atoms with E-state index in [-0.39, 0.29) is 38.1 Å². The summed E-state index contributed by atoms with van der Waals surface area (Å²) in [4.78, 5) is 13.2. The lowest BCUT2D eigenvalue weighted by Crippen LogP contribution is -2.45. The zero-order valence-electron chi connectivity index (χ0n) is 14.0. The van der Waals surface area contributed by atoms with Crippen LogP contribution in [-0.4, -0.2) is 61.4 Å². The van der Waals surface area contributed by atoms with Crippen LogP contribution in [0, 0.1) is 17.6 Å². The van der Waals surface area contributed by atoms with Crippen molar-refractivity contribution in [2.45, 2.75) is 24.7 Å². The topological polar surface area (TPSA) is 77.9 Å². The van der Waals surface area contributed by atoms with Gasteiger partial charge in [-0.1, -0.05) is 0 Å². The molecule has 1 aromatic rings. The molecule has 0 atom stereocenters. The lowest BCUT2D eigenvalue weighted by molar-refractivity contribution is -0.137. The average Bonchev–Trinajstić information content (AvgIpc) is 2.61. The van der Waals surface area contributed by atoms with Crippen molar-refractivity contribution < 1.29 is 27.1 Å². The molecule has 140 valence electrons. The maximum absolute atomic E-state index is 13.8. The quantitative estimate of drug-likeness (QED) is 0.810. The molecule has 1 aliphatic heterocycles. The molecule has 1 aromatic carbocycles. The van der Waals surface area contributed by atoms with Gasteiger partial charge >= 0.3 is 0 Å². The minimum Gasteiger partial charge on any atom is -0.395 e. The largest absolute Gasteiger partial charge is 0.395 e. The van der Waals surface area contributed by atoms with Gasteiger partial charge in [-0.15, -0.1) is 0 Å². The number of carbonyl (C=O) groups excluding carboxylic acids is 1. The number of hydrogen-bond acceptors (Lipinski definition) is 4. The summed E-state index contributed by atoms with van der Waals surface area (Å²) in [6, 6.07) is 2.31. The summed E-state index contributed by atoms with van der Waals surface area (Å²) in [7, 11) is -4.15. The lowest BCUT2D eigenvalue weighted by Gasteiger charge is -2.33. The van der Waals surface area contributed by atoms with Gasteiger partial charge in [0.1, 0.15) is 16.5 Å². The van der Waals surface area contributed by atoms with Crippen LogP contribution < -0.4 is 0 Å². The fourth-order valence-corrected chi connectivity index (χ4v) is 4.51. The number of rotatable bonds is 6. The van der Waals surface area contributed by atoms with E-state index in [1.54, 1.807) is 6.92 Å². The van der Waals surface area contributed by atoms with Gasteiger partial charge in [-0.2, -0.15) is 4.31 Å². The molecule has 1 N–H and O–H groups in total. The number of likely N-dealkylation sites (N-methyl/N-ethyl adjacent to an activating group) is 1. The van der Waals surface area contributed by atoms with Crippen LogP contribution in [0.5, 0.6) is 0 Å². The van der Waals surface area contributed by atoms with Crippen molar-refractivity contribution in [1.29, 1.82) is 0 Å². The molecule has 1 fully saturated rings. The van der Waals surface area contributed by atoms with Gasteiger partial charge in [-0.3, -0.25) is 4.79 Å². The second-order valence-corrected chi connectivity index (χ2v) is 7.80. The van der Waals surface area contributed by atoms with Crippen molar-refractivity contribution in [2.24, 2.45) is 5.92 Å². The maximum Gasteiger partial charge on any atom is 0.246 e. The molecule has 1 amide bonds. The zero-order valence-corrected chi connectivity index (χ0v) is 14.8. The van der Waals surface area contributed by atoms with Gasteiger partial charge in [0.15, 0.2) is 0 Å². The smallest absolute Gasteiger partial charge is 0.246 e. The average molecular weight is 376 g/mol. The van der Waals surface area contributed by atoms with Crippen LogP contribution in [-0.2, 0) is 14.8 Å².